The van der Waals surface area contributed by atoms with E-state index in [0.29, 0.717) is 5.82 Å². The van der Waals surface area contributed by atoms with Crippen LogP contribution in [0.1, 0.15) is 44.9 Å². The van der Waals surface area contributed by atoms with Crippen LogP contribution in [0.4, 0.5) is 5.82 Å². The van der Waals surface area contributed by atoms with Gasteiger partial charge in [-0.15, -0.1) is 0 Å². The van der Waals surface area contributed by atoms with Crippen LogP contribution in [-0.2, 0) is 13.0 Å². The third-order valence-electron chi connectivity index (χ3n) is 6.04. The lowest BCUT2D eigenvalue weighted by Gasteiger charge is -2.29. The van der Waals surface area contributed by atoms with E-state index < -0.39 is 0 Å². The number of benzene rings is 1. The molecule has 5 heteroatoms. The van der Waals surface area contributed by atoms with Gasteiger partial charge in [-0.2, -0.15) is 0 Å². The Hall–Kier alpha value is -2.14. The lowest BCUT2D eigenvalue weighted by molar-refractivity contribution is 0.208. The van der Waals surface area contributed by atoms with Crippen LogP contribution in [0.15, 0.2) is 24.3 Å². The Morgan fingerprint density at radius 1 is 1.15 bits per heavy atom. The molecule has 4 rings (SSSR count). The Balaban J connectivity index is 1.73. The molecule has 0 amide bonds. The lowest BCUT2D eigenvalue weighted by Crippen LogP contribution is -2.30. The first-order valence-corrected chi connectivity index (χ1v) is 10.4. The summed E-state index contributed by atoms with van der Waals surface area (Å²) in [5.74, 6) is 2.53. The number of aromatic nitrogens is 3. The topological polar surface area (TPSA) is 60.0 Å². The van der Waals surface area contributed by atoms with Gasteiger partial charge in [0.15, 0.2) is 5.82 Å². The van der Waals surface area contributed by atoms with Crippen molar-refractivity contribution in [3.05, 3.63) is 30.1 Å². The second-order valence-corrected chi connectivity index (χ2v) is 8.03. The van der Waals surface area contributed by atoms with E-state index >= 15 is 0 Å². The molecule has 2 aromatic heterocycles. The number of para-hydroxylation sites is 1. The van der Waals surface area contributed by atoms with Crippen molar-refractivity contribution in [2.24, 2.45) is 5.92 Å². The predicted molar refractivity (Wildman–Crippen MR) is 113 cm³/mol. The monoisotopic (exact) mass is 365 g/mol. The summed E-state index contributed by atoms with van der Waals surface area (Å²) in [5.41, 5.74) is 9.31. The number of piperidine rings is 1. The maximum atomic E-state index is 6.29. The number of likely N-dealkylation sites (tertiary alicyclic amines) is 1. The number of pyridine rings is 1. The van der Waals surface area contributed by atoms with E-state index in [4.69, 9.17) is 10.7 Å². The molecule has 1 saturated heterocycles. The van der Waals surface area contributed by atoms with Gasteiger partial charge in [0, 0.05) is 18.4 Å². The highest BCUT2D eigenvalue weighted by Crippen LogP contribution is 2.30. The number of imidazole rings is 1. The number of hydrogen-bond acceptors (Lipinski definition) is 4. The van der Waals surface area contributed by atoms with Gasteiger partial charge in [-0.1, -0.05) is 31.5 Å². The van der Waals surface area contributed by atoms with Gasteiger partial charge in [0.05, 0.1) is 11.0 Å². The molecular formula is C22H31N5. The van der Waals surface area contributed by atoms with Crippen molar-refractivity contribution in [1.29, 1.82) is 0 Å². The zero-order valence-corrected chi connectivity index (χ0v) is 16.6. The molecule has 0 atom stereocenters. The first kappa shape index (κ1) is 18.2. The quantitative estimate of drug-likeness (QED) is 0.710. The number of rotatable bonds is 6. The molecule has 0 saturated carbocycles. The van der Waals surface area contributed by atoms with E-state index in [1.165, 1.54) is 55.5 Å². The largest absolute Gasteiger partial charge is 0.382 e. The summed E-state index contributed by atoms with van der Waals surface area (Å²) >= 11 is 0. The van der Waals surface area contributed by atoms with Crippen molar-refractivity contribution in [2.45, 2.75) is 52.0 Å². The maximum absolute atomic E-state index is 6.29. The van der Waals surface area contributed by atoms with Gasteiger partial charge in [0.2, 0.25) is 0 Å². The number of anilines is 1. The van der Waals surface area contributed by atoms with Crippen LogP contribution < -0.4 is 5.73 Å². The van der Waals surface area contributed by atoms with Crippen LogP contribution in [0.25, 0.3) is 21.9 Å². The van der Waals surface area contributed by atoms with Crippen LogP contribution in [-0.4, -0.2) is 39.6 Å². The third-order valence-corrected chi connectivity index (χ3v) is 6.04. The molecule has 1 aromatic carbocycles. The van der Waals surface area contributed by atoms with Gasteiger partial charge >= 0.3 is 0 Å². The predicted octanol–water partition coefficient (Wildman–Crippen LogP) is 4.24. The number of hydrogen-bond donors (Lipinski definition) is 1. The fourth-order valence-corrected chi connectivity index (χ4v) is 4.33. The molecule has 5 nitrogen and oxygen atoms in total. The molecule has 0 radical (unpaired) electrons. The fourth-order valence-electron chi connectivity index (χ4n) is 4.33. The molecule has 0 bridgehead atoms. The van der Waals surface area contributed by atoms with Crippen molar-refractivity contribution in [1.82, 2.24) is 19.4 Å². The van der Waals surface area contributed by atoms with E-state index in [9.17, 15) is 0 Å². The molecular weight excluding hydrogens is 334 g/mol. The second-order valence-electron chi connectivity index (χ2n) is 8.03. The Kier molecular flexibility index (Phi) is 5.30. The molecule has 2 N–H and O–H groups in total. The summed E-state index contributed by atoms with van der Waals surface area (Å²) in [6.07, 6.45) is 7.16. The summed E-state index contributed by atoms with van der Waals surface area (Å²) in [5, 5.41) is 1.17. The minimum atomic E-state index is 0.555. The van der Waals surface area contributed by atoms with Gasteiger partial charge in [-0.25, -0.2) is 9.97 Å². The van der Waals surface area contributed by atoms with Gasteiger partial charge in [-0.3, -0.25) is 0 Å². The van der Waals surface area contributed by atoms with Gasteiger partial charge in [0.25, 0.3) is 0 Å². The molecule has 1 aliphatic rings. The molecule has 27 heavy (non-hydrogen) atoms. The Bertz CT molecular complexity index is 921. The molecule has 1 fully saturated rings. The highest BCUT2D eigenvalue weighted by Gasteiger charge is 2.20. The molecule has 3 aromatic rings. The number of nitrogens with zero attached hydrogens (tertiary/aromatic N) is 4. The van der Waals surface area contributed by atoms with Gasteiger partial charge in [0.1, 0.15) is 11.3 Å². The molecule has 1 aliphatic heterocycles. The lowest BCUT2D eigenvalue weighted by atomic mass is 9.94. The van der Waals surface area contributed by atoms with Crippen LogP contribution in [0.5, 0.6) is 0 Å². The van der Waals surface area contributed by atoms with Crippen molar-refractivity contribution < 1.29 is 0 Å². The summed E-state index contributed by atoms with van der Waals surface area (Å²) in [6, 6.07) is 8.31. The summed E-state index contributed by atoms with van der Waals surface area (Å²) in [4.78, 5) is 12.0. The van der Waals surface area contributed by atoms with Crippen LogP contribution >= 0.6 is 0 Å². The summed E-state index contributed by atoms with van der Waals surface area (Å²) in [7, 11) is 2.23. The van der Waals surface area contributed by atoms with Crippen LogP contribution in [0.2, 0.25) is 0 Å². The highest BCUT2D eigenvalue weighted by molar-refractivity contribution is 6.06. The number of fused-ring (bicyclic) bond motifs is 3. The standard InChI is InChI=1S/C22H31N5/c1-3-4-9-19-25-20-21(17-7-5-6-8-18(17)24-22(20)23)27(19)15-12-16-10-13-26(2)14-11-16/h5-8,16H,3-4,9-15H2,1-2H3,(H2,23,24). The Morgan fingerprint density at radius 2 is 1.93 bits per heavy atom. The fraction of sp³-hybridized carbons (Fsp3) is 0.545. The van der Waals surface area contributed by atoms with E-state index in [1.54, 1.807) is 0 Å². The molecule has 3 heterocycles. The summed E-state index contributed by atoms with van der Waals surface area (Å²) in [6.45, 7) is 5.70. The molecule has 0 spiro atoms. The maximum Gasteiger partial charge on any atom is 0.152 e. The van der Waals surface area contributed by atoms with E-state index in [-0.39, 0.29) is 0 Å². The smallest absolute Gasteiger partial charge is 0.152 e. The van der Waals surface area contributed by atoms with Crippen molar-refractivity contribution in [3.63, 3.8) is 0 Å². The first-order valence-electron chi connectivity index (χ1n) is 10.4. The van der Waals surface area contributed by atoms with Crippen molar-refractivity contribution in [3.8, 4) is 0 Å². The first-order chi connectivity index (χ1) is 13.2. The zero-order chi connectivity index (χ0) is 18.8. The summed E-state index contributed by atoms with van der Waals surface area (Å²) < 4.78 is 2.45. The number of unbranched alkanes of at least 4 members (excludes halogenated alkanes) is 1. The number of nitrogens with two attached hydrogens (primary N) is 1. The Labute approximate surface area is 161 Å². The van der Waals surface area contributed by atoms with Crippen LogP contribution in [0, 0.1) is 5.92 Å². The second kappa shape index (κ2) is 7.85. The highest BCUT2D eigenvalue weighted by atomic mass is 15.1. The zero-order valence-electron chi connectivity index (χ0n) is 16.6. The van der Waals surface area contributed by atoms with Gasteiger partial charge in [-0.05, 0) is 57.8 Å². The van der Waals surface area contributed by atoms with E-state index in [0.717, 1.165) is 36.3 Å². The Morgan fingerprint density at radius 3 is 2.70 bits per heavy atom. The molecule has 0 aliphatic carbocycles. The minimum Gasteiger partial charge on any atom is -0.382 e. The van der Waals surface area contributed by atoms with Crippen molar-refractivity contribution in [2.75, 3.05) is 25.9 Å². The van der Waals surface area contributed by atoms with Crippen molar-refractivity contribution >= 4 is 27.8 Å². The third kappa shape index (κ3) is 3.65. The average molecular weight is 366 g/mol. The number of nitrogen functional groups attached to an aromatic ring is 1. The minimum absolute atomic E-state index is 0.555. The van der Waals surface area contributed by atoms with Gasteiger partial charge < -0.3 is 15.2 Å². The van der Waals surface area contributed by atoms with Crippen LogP contribution in [0.3, 0.4) is 0 Å². The van der Waals surface area contributed by atoms with E-state index in [1.807, 2.05) is 12.1 Å². The molecule has 0 unspecified atom stereocenters. The number of aryl methyl sites for hydroxylation is 2. The molecule has 144 valence electrons. The van der Waals surface area contributed by atoms with E-state index in [2.05, 4.69) is 40.6 Å². The average Bonchev–Trinajstić information content (AvgIpc) is 3.05. The normalized spacial score (nSPS) is 16.5. The SMILES string of the molecule is CCCCc1nc2c(N)nc3ccccc3c2n1CCC1CCN(C)CC1.